The molecule has 0 radical (unpaired) electrons. The zero-order valence-electron chi connectivity index (χ0n) is 20.8. The SMILES string of the molecule is CC1=C2C[n+]3ccccc3-c3cccc(c32)N(c2ccc(F)cc2)c2cccc(-c3cccc[n+]3C)c21. The van der Waals surface area contributed by atoms with Gasteiger partial charge in [-0.05, 0) is 73.2 Å². The van der Waals surface area contributed by atoms with E-state index in [4.69, 9.17) is 0 Å². The van der Waals surface area contributed by atoms with Crippen LogP contribution in [0.3, 0.4) is 0 Å². The number of pyridine rings is 2. The van der Waals surface area contributed by atoms with Crippen molar-refractivity contribution in [2.24, 2.45) is 7.05 Å². The largest absolute Gasteiger partial charge is 0.309 e. The summed E-state index contributed by atoms with van der Waals surface area (Å²) in [6.07, 6.45) is 4.25. The number of anilines is 3. The fraction of sp³-hybridized carbons (Fsp3) is 0.0909. The van der Waals surface area contributed by atoms with Crippen molar-refractivity contribution in [1.82, 2.24) is 0 Å². The fourth-order valence-corrected chi connectivity index (χ4v) is 5.96. The molecule has 2 aromatic heterocycles. The van der Waals surface area contributed by atoms with Crippen molar-refractivity contribution in [2.75, 3.05) is 4.90 Å². The zero-order chi connectivity index (χ0) is 25.1. The first-order valence-corrected chi connectivity index (χ1v) is 12.6. The van der Waals surface area contributed by atoms with Crippen molar-refractivity contribution in [1.29, 1.82) is 0 Å². The lowest BCUT2D eigenvalue weighted by Gasteiger charge is -2.29. The normalized spacial score (nSPS) is 13.5. The van der Waals surface area contributed by atoms with Gasteiger partial charge in [0.1, 0.15) is 12.9 Å². The summed E-state index contributed by atoms with van der Waals surface area (Å²) < 4.78 is 18.5. The van der Waals surface area contributed by atoms with Crippen LogP contribution in [0, 0.1) is 5.82 Å². The summed E-state index contributed by atoms with van der Waals surface area (Å²) in [5, 5.41) is 0. The molecular formula is C33H26FN3+2. The number of hydrogen-bond acceptors (Lipinski definition) is 1. The average molecular weight is 484 g/mol. The lowest BCUT2D eigenvalue weighted by molar-refractivity contribution is -0.674. The summed E-state index contributed by atoms with van der Waals surface area (Å²) in [5.74, 6) is -0.237. The number of allylic oxidation sites excluding steroid dienone is 2. The second kappa shape index (κ2) is 8.24. The third-order valence-corrected chi connectivity index (χ3v) is 7.66. The minimum atomic E-state index is -0.237. The van der Waals surface area contributed by atoms with Crippen molar-refractivity contribution in [3.05, 3.63) is 126 Å². The first-order valence-electron chi connectivity index (χ1n) is 12.6. The molecule has 3 aromatic carbocycles. The molecule has 0 bridgehead atoms. The lowest BCUT2D eigenvalue weighted by Crippen LogP contribution is -2.39. The van der Waals surface area contributed by atoms with Crippen molar-refractivity contribution in [3.8, 4) is 22.5 Å². The molecule has 0 saturated carbocycles. The van der Waals surface area contributed by atoms with Gasteiger partial charge in [-0.3, -0.25) is 0 Å². The highest BCUT2D eigenvalue weighted by Gasteiger charge is 2.36. The van der Waals surface area contributed by atoms with E-state index in [1.165, 1.54) is 39.1 Å². The van der Waals surface area contributed by atoms with Gasteiger partial charge in [0.25, 0.3) is 0 Å². The van der Waals surface area contributed by atoms with Crippen LogP contribution in [-0.4, -0.2) is 0 Å². The van der Waals surface area contributed by atoms with Crippen LogP contribution in [-0.2, 0) is 13.6 Å². The lowest BCUT2D eigenvalue weighted by atomic mass is 9.86. The molecule has 0 aliphatic carbocycles. The van der Waals surface area contributed by atoms with Crippen LogP contribution in [0.1, 0.15) is 18.1 Å². The molecule has 0 spiro atoms. The summed E-state index contributed by atoms with van der Waals surface area (Å²) in [6.45, 7) is 3.04. The number of aromatic nitrogens is 2. The van der Waals surface area contributed by atoms with Crippen LogP contribution in [0.2, 0.25) is 0 Å². The number of benzene rings is 3. The van der Waals surface area contributed by atoms with Crippen LogP contribution < -0.4 is 14.0 Å². The predicted molar refractivity (Wildman–Crippen MR) is 146 cm³/mol. The average Bonchev–Trinajstić information content (AvgIpc) is 3.03. The molecule has 0 saturated heterocycles. The topological polar surface area (TPSA) is 11.0 Å². The van der Waals surface area contributed by atoms with E-state index in [-0.39, 0.29) is 5.82 Å². The smallest absolute Gasteiger partial charge is 0.213 e. The van der Waals surface area contributed by atoms with E-state index >= 15 is 0 Å². The van der Waals surface area contributed by atoms with E-state index < -0.39 is 0 Å². The molecule has 178 valence electrons. The van der Waals surface area contributed by atoms with Crippen LogP contribution >= 0.6 is 0 Å². The van der Waals surface area contributed by atoms with Crippen LogP contribution in [0.4, 0.5) is 21.5 Å². The fourth-order valence-electron chi connectivity index (χ4n) is 5.96. The maximum absolute atomic E-state index is 14.0. The molecule has 0 amide bonds. The predicted octanol–water partition coefficient (Wildman–Crippen LogP) is 7.00. The van der Waals surface area contributed by atoms with Crippen LogP contribution in [0.25, 0.3) is 33.7 Å². The Bertz CT molecular complexity index is 1730. The molecule has 4 heteroatoms. The highest BCUT2D eigenvalue weighted by molar-refractivity contribution is 6.08. The Morgan fingerprint density at radius 3 is 2.05 bits per heavy atom. The molecule has 0 atom stereocenters. The third-order valence-electron chi connectivity index (χ3n) is 7.66. The molecule has 2 aliphatic rings. The Labute approximate surface area is 216 Å². The van der Waals surface area contributed by atoms with Gasteiger partial charge < -0.3 is 4.90 Å². The number of hydrogen-bond donors (Lipinski definition) is 0. The molecular weight excluding hydrogens is 457 g/mol. The molecule has 7 rings (SSSR count). The standard InChI is InChI=1S/C33H26FN3/c1-22-27-21-36-20-6-4-12-29(36)26-10-8-14-31(33(26)27)37(24-17-15-23(34)16-18-24)30-13-7-9-25(32(22)30)28-11-3-5-19-35(28)2/h3-20H,21H2,1-2H3/q+2. The van der Waals surface area contributed by atoms with Crippen LogP contribution in [0.5, 0.6) is 0 Å². The Hall–Kier alpha value is -4.57. The molecule has 5 aromatic rings. The number of aryl methyl sites for hydroxylation is 1. The zero-order valence-corrected chi connectivity index (χ0v) is 20.8. The summed E-state index contributed by atoms with van der Waals surface area (Å²) in [7, 11) is 2.09. The Kier molecular flexibility index (Phi) is 4.83. The van der Waals surface area contributed by atoms with Gasteiger partial charge in [-0.2, -0.15) is 4.57 Å². The van der Waals surface area contributed by atoms with Crippen LogP contribution in [0.15, 0.2) is 109 Å². The van der Waals surface area contributed by atoms with Gasteiger partial charge in [-0.1, -0.05) is 12.1 Å². The maximum atomic E-state index is 14.0. The second-order valence-electron chi connectivity index (χ2n) is 9.73. The van der Waals surface area contributed by atoms with Crippen molar-refractivity contribution in [2.45, 2.75) is 13.5 Å². The van der Waals surface area contributed by atoms with Crippen molar-refractivity contribution in [3.63, 3.8) is 0 Å². The van der Waals surface area contributed by atoms with E-state index in [0.29, 0.717) is 0 Å². The van der Waals surface area contributed by atoms with Gasteiger partial charge in [-0.15, -0.1) is 0 Å². The summed E-state index contributed by atoms with van der Waals surface area (Å²) >= 11 is 0. The molecule has 2 aliphatic heterocycles. The van der Waals surface area contributed by atoms with Gasteiger partial charge in [-0.25, -0.2) is 8.96 Å². The Balaban J connectivity index is 1.63. The minimum absolute atomic E-state index is 0.237. The molecule has 4 heterocycles. The molecule has 0 unspecified atom stereocenters. The monoisotopic (exact) mass is 483 g/mol. The number of halogens is 1. The molecule has 3 nitrogen and oxygen atoms in total. The summed E-state index contributed by atoms with van der Waals surface area (Å²) in [6, 6.07) is 32.6. The van der Waals surface area contributed by atoms with E-state index in [9.17, 15) is 4.39 Å². The highest BCUT2D eigenvalue weighted by atomic mass is 19.1. The second-order valence-corrected chi connectivity index (χ2v) is 9.73. The quantitative estimate of drug-likeness (QED) is 0.246. The molecule has 0 fully saturated rings. The van der Waals surface area contributed by atoms with Gasteiger partial charge >= 0.3 is 0 Å². The minimum Gasteiger partial charge on any atom is -0.309 e. The van der Waals surface area contributed by atoms with Gasteiger partial charge in [0.15, 0.2) is 18.9 Å². The van der Waals surface area contributed by atoms with Gasteiger partial charge in [0, 0.05) is 46.7 Å². The van der Waals surface area contributed by atoms with Crippen molar-refractivity contribution < 1.29 is 13.5 Å². The number of nitrogens with zero attached hydrogens (tertiary/aromatic N) is 3. The van der Waals surface area contributed by atoms with Gasteiger partial charge in [0.05, 0.1) is 22.5 Å². The van der Waals surface area contributed by atoms with E-state index in [0.717, 1.165) is 29.3 Å². The molecule has 37 heavy (non-hydrogen) atoms. The first kappa shape index (κ1) is 21.7. The van der Waals surface area contributed by atoms with Gasteiger partial charge in [0.2, 0.25) is 11.4 Å². The summed E-state index contributed by atoms with van der Waals surface area (Å²) in [4.78, 5) is 2.30. The number of rotatable bonds is 2. The van der Waals surface area contributed by atoms with Crippen molar-refractivity contribution >= 4 is 28.2 Å². The van der Waals surface area contributed by atoms with E-state index in [1.807, 2.05) is 12.1 Å². The highest BCUT2D eigenvalue weighted by Crippen LogP contribution is 2.52. The third kappa shape index (κ3) is 3.26. The Morgan fingerprint density at radius 2 is 1.32 bits per heavy atom. The molecule has 0 N–H and O–H groups in total. The Morgan fingerprint density at radius 1 is 0.676 bits per heavy atom. The number of fused-ring (bicyclic) bond motifs is 3. The van der Waals surface area contributed by atoms with E-state index in [2.05, 4.69) is 113 Å². The first-order chi connectivity index (χ1) is 18.1. The van der Waals surface area contributed by atoms with E-state index in [1.54, 1.807) is 12.1 Å². The summed E-state index contributed by atoms with van der Waals surface area (Å²) in [5.41, 5.74) is 12.9. The maximum Gasteiger partial charge on any atom is 0.213 e.